The lowest BCUT2D eigenvalue weighted by Crippen LogP contribution is -2.60. The minimum atomic E-state index is -0.531. The highest BCUT2D eigenvalue weighted by atomic mass is 16.5. The van der Waals surface area contributed by atoms with Crippen LogP contribution in [0.5, 0.6) is 0 Å². The molecule has 24 heavy (non-hydrogen) atoms. The third-order valence-electron chi connectivity index (χ3n) is 4.19. The molecule has 2 heterocycles. The Bertz CT molecular complexity index is 799. The molecule has 4 rings (SSSR count). The first kappa shape index (κ1) is 14.7. The lowest BCUT2D eigenvalue weighted by Gasteiger charge is -2.45. The highest BCUT2D eigenvalue weighted by molar-refractivity contribution is 6.04. The van der Waals surface area contributed by atoms with Gasteiger partial charge in [-0.25, -0.2) is 0 Å². The summed E-state index contributed by atoms with van der Waals surface area (Å²) in [4.78, 5) is 14.4. The van der Waals surface area contributed by atoms with Crippen LogP contribution in [0.15, 0.2) is 83.5 Å². The zero-order valence-electron chi connectivity index (χ0n) is 13.0. The first-order valence-electron chi connectivity index (χ1n) is 7.91. The van der Waals surface area contributed by atoms with Crippen molar-refractivity contribution in [2.24, 2.45) is 0 Å². The van der Waals surface area contributed by atoms with Crippen LogP contribution in [0.1, 0.15) is 17.4 Å². The number of β-lactam (4-membered cyclic amide) rings is 1. The molecule has 1 aliphatic rings. The number of furan rings is 1. The van der Waals surface area contributed by atoms with E-state index in [0.29, 0.717) is 6.61 Å². The molecule has 1 fully saturated rings. The topological polar surface area (TPSA) is 42.7 Å². The number of benzene rings is 2. The summed E-state index contributed by atoms with van der Waals surface area (Å²) in [7, 11) is 0. The number of nitrogens with zero attached hydrogens (tertiary/aromatic N) is 1. The second kappa shape index (κ2) is 6.34. The van der Waals surface area contributed by atoms with Crippen LogP contribution in [0.2, 0.25) is 0 Å². The van der Waals surface area contributed by atoms with Crippen LogP contribution in [0.25, 0.3) is 0 Å². The van der Waals surface area contributed by atoms with Crippen LogP contribution in [-0.2, 0) is 16.1 Å². The zero-order valence-corrected chi connectivity index (χ0v) is 13.0. The normalized spacial score (nSPS) is 20.0. The van der Waals surface area contributed by atoms with E-state index in [9.17, 15) is 4.79 Å². The van der Waals surface area contributed by atoms with Crippen molar-refractivity contribution in [1.82, 2.24) is 0 Å². The summed E-state index contributed by atoms with van der Waals surface area (Å²) in [6.45, 7) is 0.400. The van der Waals surface area contributed by atoms with Gasteiger partial charge in [0, 0.05) is 5.69 Å². The maximum Gasteiger partial charge on any atom is 0.259 e. The molecule has 0 N–H and O–H groups in total. The van der Waals surface area contributed by atoms with Gasteiger partial charge < -0.3 is 9.15 Å². The van der Waals surface area contributed by atoms with Crippen molar-refractivity contribution in [3.63, 3.8) is 0 Å². The number of rotatable bonds is 5. The minimum Gasteiger partial charge on any atom is -0.467 e. The van der Waals surface area contributed by atoms with Crippen molar-refractivity contribution in [3.8, 4) is 0 Å². The fourth-order valence-electron chi connectivity index (χ4n) is 3.00. The number of anilines is 1. The molecule has 3 aromatic rings. The van der Waals surface area contributed by atoms with Crippen LogP contribution < -0.4 is 4.90 Å². The number of carbonyl (C=O) groups is 1. The number of hydrogen-bond donors (Lipinski definition) is 0. The molecule has 1 aliphatic heterocycles. The van der Waals surface area contributed by atoms with Gasteiger partial charge in [0.05, 0.1) is 12.9 Å². The molecule has 1 amide bonds. The van der Waals surface area contributed by atoms with Crippen molar-refractivity contribution in [2.75, 3.05) is 4.90 Å². The highest BCUT2D eigenvalue weighted by Gasteiger charge is 2.51. The molecule has 0 aliphatic carbocycles. The average molecular weight is 319 g/mol. The smallest absolute Gasteiger partial charge is 0.259 e. The van der Waals surface area contributed by atoms with Gasteiger partial charge in [-0.15, -0.1) is 0 Å². The van der Waals surface area contributed by atoms with Gasteiger partial charge in [0.25, 0.3) is 5.91 Å². The summed E-state index contributed by atoms with van der Waals surface area (Å²) < 4.78 is 11.5. The van der Waals surface area contributed by atoms with E-state index in [1.807, 2.05) is 72.8 Å². The van der Waals surface area contributed by atoms with Crippen molar-refractivity contribution in [2.45, 2.75) is 18.8 Å². The standard InChI is InChI=1S/C20H17NO3/c22-20-19(24-14-15-8-3-1-4-9-15)18(17-12-7-13-23-17)21(20)16-10-5-2-6-11-16/h1-13,18-19H,14H2. The quantitative estimate of drug-likeness (QED) is 0.669. The van der Waals surface area contributed by atoms with E-state index >= 15 is 0 Å². The average Bonchev–Trinajstić information content (AvgIpc) is 3.15. The summed E-state index contributed by atoms with van der Waals surface area (Å²) >= 11 is 0. The van der Waals surface area contributed by atoms with Crippen molar-refractivity contribution < 1.29 is 13.9 Å². The van der Waals surface area contributed by atoms with E-state index in [1.165, 1.54) is 0 Å². The zero-order chi connectivity index (χ0) is 16.4. The molecule has 2 unspecified atom stereocenters. The number of amides is 1. The van der Waals surface area contributed by atoms with Gasteiger partial charge in [0.1, 0.15) is 11.8 Å². The maximum absolute atomic E-state index is 12.6. The fraction of sp³-hybridized carbons (Fsp3) is 0.150. The highest BCUT2D eigenvalue weighted by Crippen LogP contribution is 2.41. The van der Waals surface area contributed by atoms with E-state index in [2.05, 4.69) is 0 Å². The molecule has 0 saturated carbocycles. The van der Waals surface area contributed by atoms with Crippen molar-refractivity contribution in [3.05, 3.63) is 90.4 Å². The Morgan fingerprint density at radius 1 is 0.917 bits per heavy atom. The second-order valence-corrected chi connectivity index (χ2v) is 5.72. The molecule has 1 saturated heterocycles. The lowest BCUT2D eigenvalue weighted by molar-refractivity contribution is -0.144. The molecular weight excluding hydrogens is 302 g/mol. The first-order chi connectivity index (χ1) is 11.8. The predicted molar refractivity (Wildman–Crippen MR) is 90.4 cm³/mol. The van der Waals surface area contributed by atoms with E-state index in [0.717, 1.165) is 17.0 Å². The van der Waals surface area contributed by atoms with Gasteiger partial charge in [-0.1, -0.05) is 48.5 Å². The molecule has 0 spiro atoms. The summed E-state index contributed by atoms with van der Waals surface area (Å²) in [5, 5.41) is 0. The first-order valence-corrected chi connectivity index (χ1v) is 7.91. The molecule has 2 atom stereocenters. The van der Waals surface area contributed by atoms with Gasteiger partial charge in [0.2, 0.25) is 0 Å². The molecule has 120 valence electrons. The van der Waals surface area contributed by atoms with Crippen LogP contribution in [0.4, 0.5) is 5.69 Å². The van der Waals surface area contributed by atoms with Crippen LogP contribution >= 0.6 is 0 Å². The predicted octanol–water partition coefficient (Wildman–Crippen LogP) is 3.95. The Kier molecular flexibility index (Phi) is 3.89. The lowest BCUT2D eigenvalue weighted by atomic mass is 9.94. The maximum atomic E-state index is 12.6. The molecule has 0 radical (unpaired) electrons. The number of carbonyl (C=O) groups excluding carboxylic acids is 1. The van der Waals surface area contributed by atoms with Crippen molar-refractivity contribution >= 4 is 11.6 Å². The Morgan fingerprint density at radius 3 is 2.29 bits per heavy atom. The van der Waals surface area contributed by atoms with Crippen LogP contribution in [0.3, 0.4) is 0 Å². The van der Waals surface area contributed by atoms with Gasteiger partial charge >= 0.3 is 0 Å². The number of ether oxygens (including phenoxy) is 1. The Labute approximate surface area is 140 Å². The monoisotopic (exact) mass is 319 g/mol. The van der Waals surface area contributed by atoms with Crippen LogP contribution in [0, 0.1) is 0 Å². The Morgan fingerprint density at radius 2 is 1.62 bits per heavy atom. The molecule has 2 aromatic carbocycles. The van der Waals surface area contributed by atoms with E-state index in [1.54, 1.807) is 11.2 Å². The number of para-hydroxylation sites is 1. The summed E-state index contributed by atoms with van der Waals surface area (Å²) in [5.41, 5.74) is 1.89. The largest absolute Gasteiger partial charge is 0.467 e. The molecule has 1 aromatic heterocycles. The third kappa shape index (κ3) is 2.61. The third-order valence-corrected chi connectivity index (χ3v) is 4.19. The molecule has 4 nitrogen and oxygen atoms in total. The van der Waals surface area contributed by atoms with Gasteiger partial charge in [0.15, 0.2) is 6.10 Å². The molecular formula is C20H17NO3. The fourth-order valence-corrected chi connectivity index (χ4v) is 3.00. The van der Waals surface area contributed by atoms with Gasteiger partial charge in [-0.05, 0) is 29.8 Å². The minimum absolute atomic E-state index is 0.0430. The van der Waals surface area contributed by atoms with Gasteiger partial charge in [-0.3, -0.25) is 9.69 Å². The summed E-state index contributed by atoms with van der Waals surface area (Å²) in [6.07, 6.45) is 1.09. The van der Waals surface area contributed by atoms with Gasteiger partial charge in [-0.2, -0.15) is 0 Å². The molecule has 4 heteroatoms. The Balaban J connectivity index is 1.57. The van der Waals surface area contributed by atoms with Crippen LogP contribution in [-0.4, -0.2) is 12.0 Å². The van der Waals surface area contributed by atoms with E-state index in [4.69, 9.17) is 9.15 Å². The SMILES string of the molecule is O=C1C(OCc2ccccc2)C(c2ccco2)N1c1ccccc1. The second-order valence-electron chi connectivity index (χ2n) is 5.72. The number of hydrogen-bond acceptors (Lipinski definition) is 3. The molecule has 0 bridgehead atoms. The summed E-state index contributed by atoms with van der Waals surface area (Å²) in [6, 6.07) is 22.9. The van der Waals surface area contributed by atoms with E-state index in [-0.39, 0.29) is 11.9 Å². The summed E-state index contributed by atoms with van der Waals surface area (Å²) in [5.74, 6) is 0.690. The van der Waals surface area contributed by atoms with E-state index < -0.39 is 6.10 Å². The Hall–Kier alpha value is -2.85. The van der Waals surface area contributed by atoms with Crippen molar-refractivity contribution in [1.29, 1.82) is 0 Å².